The molecule has 6 heteroatoms. The molecule has 0 saturated heterocycles. The van der Waals surface area contributed by atoms with Gasteiger partial charge in [-0.05, 0) is 66.2 Å². The Bertz CT molecular complexity index is 1790. The van der Waals surface area contributed by atoms with E-state index in [0.717, 1.165) is 38.3 Å². The van der Waals surface area contributed by atoms with Crippen molar-refractivity contribution in [2.24, 2.45) is 0 Å². The molecular formula is C30H20ClN3O2. The summed E-state index contributed by atoms with van der Waals surface area (Å²) in [4.78, 5) is 30.2. The lowest BCUT2D eigenvalue weighted by Gasteiger charge is -2.09. The number of carbonyl (C=O) groups is 2. The lowest BCUT2D eigenvalue weighted by atomic mass is 10.1. The van der Waals surface area contributed by atoms with Crippen molar-refractivity contribution in [1.82, 2.24) is 9.55 Å². The van der Waals surface area contributed by atoms with E-state index in [0.29, 0.717) is 22.8 Å². The summed E-state index contributed by atoms with van der Waals surface area (Å²) in [5.74, 6) is -1.26. The van der Waals surface area contributed by atoms with E-state index >= 15 is 0 Å². The topological polar surface area (TPSA) is 64.0 Å². The van der Waals surface area contributed by atoms with E-state index in [2.05, 4.69) is 20.9 Å². The van der Waals surface area contributed by atoms with Crippen LogP contribution in [0.3, 0.4) is 0 Å². The SMILES string of the molecule is O=C(Nc1ccc2ncccc2c1)C(=O)c1ccc2c(c1)c1ccccc1n2Cc1ccc(Cl)cc1. The Morgan fingerprint density at radius 2 is 1.61 bits per heavy atom. The van der Waals surface area contributed by atoms with Crippen LogP contribution in [0.25, 0.3) is 32.7 Å². The van der Waals surface area contributed by atoms with Crippen molar-refractivity contribution in [1.29, 1.82) is 0 Å². The van der Waals surface area contributed by atoms with Crippen LogP contribution < -0.4 is 5.32 Å². The minimum absolute atomic E-state index is 0.344. The predicted octanol–water partition coefficient (Wildman–Crippen LogP) is 6.87. The summed E-state index contributed by atoms with van der Waals surface area (Å²) in [6, 6.07) is 30.4. The Balaban J connectivity index is 1.34. The molecule has 174 valence electrons. The highest BCUT2D eigenvalue weighted by atomic mass is 35.5. The summed E-state index contributed by atoms with van der Waals surface area (Å²) >= 11 is 6.06. The quantitative estimate of drug-likeness (QED) is 0.212. The Labute approximate surface area is 212 Å². The molecule has 5 nitrogen and oxygen atoms in total. The van der Waals surface area contributed by atoms with Crippen LogP contribution in [0.15, 0.2) is 103 Å². The number of anilines is 1. The van der Waals surface area contributed by atoms with E-state index in [1.807, 2.05) is 72.8 Å². The maximum absolute atomic E-state index is 13.1. The van der Waals surface area contributed by atoms with Crippen molar-refractivity contribution in [3.8, 4) is 0 Å². The second kappa shape index (κ2) is 8.95. The fourth-order valence-electron chi connectivity index (χ4n) is 4.61. The number of nitrogens with one attached hydrogen (secondary N) is 1. The van der Waals surface area contributed by atoms with Crippen LogP contribution in [-0.2, 0) is 11.3 Å². The van der Waals surface area contributed by atoms with E-state index in [4.69, 9.17) is 11.6 Å². The minimum Gasteiger partial charge on any atom is -0.336 e. The first-order valence-corrected chi connectivity index (χ1v) is 11.9. The predicted molar refractivity (Wildman–Crippen MR) is 145 cm³/mol. The fourth-order valence-corrected chi connectivity index (χ4v) is 4.74. The Morgan fingerprint density at radius 3 is 2.47 bits per heavy atom. The normalized spacial score (nSPS) is 11.2. The number of para-hydroxylation sites is 1. The second-order valence-corrected chi connectivity index (χ2v) is 9.09. The smallest absolute Gasteiger partial charge is 0.296 e. The molecule has 0 radical (unpaired) electrons. The number of rotatable bonds is 5. The number of nitrogens with zero attached hydrogens (tertiary/aromatic N) is 2. The van der Waals surface area contributed by atoms with Crippen LogP contribution >= 0.6 is 11.6 Å². The largest absolute Gasteiger partial charge is 0.336 e. The first-order valence-electron chi connectivity index (χ1n) is 11.5. The molecule has 1 amide bonds. The summed E-state index contributed by atoms with van der Waals surface area (Å²) in [5.41, 5.74) is 4.88. The second-order valence-electron chi connectivity index (χ2n) is 8.66. The van der Waals surface area contributed by atoms with E-state index in [1.54, 1.807) is 24.4 Å². The molecule has 0 aliphatic heterocycles. The molecule has 1 N–H and O–H groups in total. The van der Waals surface area contributed by atoms with Gasteiger partial charge in [0.2, 0.25) is 0 Å². The van der Waals surface area contributed by atoms with Crippen molar-refractivity contribution in [2.75, 3.05) is 5.32 Å². The highest BCUT2D eigenvalue weighted by Gasteiger charge is 2.19. The van der Waals surface area contributed by atoms with Gasteiger partial charge in [-0.25, -0.2) is 0 Å². The first-order chi connectivity index (χ1) is 17.6. The number of benzene rings is 4. The zero-order chi connectivity index (χ0) is 24.6. The maximum atomic E-state index is 13.1. The Hall–Kier alpha value is -4.48. The third-order valence-electron chi connectivity index (χ3n) is 6.36. The molecule has 0 fully saturated rings. The highest BCUT2D eigenvalue weighted by Crippen LogP contribution is 2.31. The van der Waals surface area contributed by atoms with Gasteiger partial charge in [-0.3, -0.25) is 14.6 Å². The maximum Gasteiger partial charge on any atom is 0.296 e. The molecule has 0 atom stereocenters. The van der Waals surface area contributed by atoms with Gasteiger partial charge < -0.3 is 9.88 Å². The molecule has 0 spiro atoms. The van der Waals surface area contributed by atoms with Crippen LogP contribution in [0.1, 0.15) is 15.9 Å². The number of aromatic nitrogens is 2. The molecule has 0 bridgehead atoms. The summed E-state index contributed by atoms with van der Waals surface area (Å²) in [6.45, 7) is 0.659. The third-order valence-corrected chi connectivity index (χ3v) is 6.61. The van der Waals surface area contributed by atoms with E-state index < -0.39 is 11.7 Å². The average Bonchev–Trinajstić information content (AvgIpc) is 3.22. The Morgan fingerprint density at radius 1 is 0.806 bits per heavy atom. The number of pyridine rings is 1. The van der Waals surface area contributed by atoms with Crippen LogP contribution in [0, 0.1) is 0 Å². The van der Waals surface area contributed by atoms with Crippen LogP contribution in [0.5, 0.6) is 0 Å². The molecule has 2 aromatic heterocycles. The summed E-state index contributed by atoms with van der Waals surface area (Å²) in [6.07, 6.45) is 1.71. The van der Waals surface area contributed by atoms with E-state index in [9.17, 15) is 9.59 Å². The molecule has 0 aliphatic carbocycles. The van der Waals surface area contributed by atoms with Gasteiger partial charge in [-0.15, -0.1) is 0 Å². The fraction of sp³-hybridized carbons (Fsp3) is 0.0333. The number of Topliss-reactive ketones (excluding diaryl/α,β-unsaturated/α-hetero) is 1. The molecule has 6 rings (SSSR count). The number of hydrogen-bond acceptors (Lipinski definition) is 3. The zero-order valence-electron chi connectivity index (χ0n) is 19.1. The number of ketones is 1. The molecule has 0 saturated carbocycles. The number of carbonyl (C=O) groups excluding carboxylic acids is 2. The summed E-state index contributed by atoms with van der Waals surface area (Å²) in [5, 5.41) is 6.26. The van der Waals surface area contributed by atoms with Gasteiger partial charge in [0.05, 0.1) is 5.52 Å². The molecule has 2 heterocycles. The van der Waals surface area contributed by atoms with Crippen molar-refractivity contribution in [3.63, 3.8) is 0 Å². The lowest BCUT2D eigenvalue weighted by molar-refractivity contribution is -0.112. The molecule has 0 unspecified atom stereocenters. The van der Waals surface area contributed by atoms with Gasteiger partial charge in [0, 0.05) is 56.2 Å². The number of amides is 1. The molecule has 4 aromatic carbocycles. The van der Waals surface area contributed by atoms with Crippen LogP contribution in [0.4, 0.5) is 5.69 Å². The van der Waals surface area contributed by atoms with Gasteiger partial charge in [-0.2, -0.15) is 0 Å². The summed E-state index contributed by atoms with van der Waals surface area (Å²) < 4.78 is 2.21. The van der Waals surface area contributed by atoms with Gasteiger partial charge >= 0.3 is 0 Å². The van der Waals surface area contributed by atoms with Crippen molar-refractivity contribution < 1.29 is 9.59 Å². The van der Waals surface area contributed by atoms with Gasteiger partial charge in [0.15, 0.2) is 0 Å². The van der Waals surface area contributed by atoms with Crippen LogP contribution in [0.2, 0.25) is 5.02 Å². The van der Waals surface area contributed by atoms with Gasteiger partial charge in [0.1, 0.15) is 0 Å². The Kier molecular flexibility index (Phi) is 5.47. The zero-order valence-corrected chi connectivity index (χ0v) is 19.9. The van der Waals surface area contributed by atoms with Crippen molar-refractivity contribution in [2.45, 2.75) is 6.54 Å². The van der Waals surface area contributed by atoms with Crippen molar-refractivity contribution >= 4 is 61.7 Å². The first kappa shape index (κ1) is 22.0. The number of halogens is 1. The molecule has 0 aliphatic rings. The van der Waals surface area contributed by atoms with Crippen molar-refractivity contribution in [3.05, 3.63) is 119 Å². The van der Waals surface area contributed by atoms with E-state index in [1.165, 1.54) is 0 Å². The van der Waals surface area contributed by atoms with Gasteiger partial charge in [0.25, 0.3) is 11.7 Å². The molecule has 36 heavy (non-hydrogen) atoms. The van der Waals surface area contributed by atoms with Crippen LogP contribution in [-0.4, -0.2) is 21.2 Å². The highest BCUT2D eigenvalue weighted by molar-refractivity contribution is 6.47. The average molecular weight is 490 g/mol. The standard InChI is InChI=1S/C30H20ClN3O2/c31-22-10-7-19(8-11-22)18-34-27-6-2-1-5-24(27)25-17-21(9-14-28(25)34)29(35)30(36)33-23-12-13-26-20(16-23)4-3-15-32-26/h1-17H,18H2,(H,33,36). The minimum atomic E-state index is -0.678. The molecular weight excluding hydrogens is 470 g/mol. The number of fused-ring (bicyclic) bond motifs is 4. The molecule has 6 aromatic rings. The van der Waals surface area contributed by atoms with E-state index in [-0.39, 0.29) is 0 Å². The lowest BCUT2D eigenvalue weighted by Crippen LogP contribution is -2.22. The van der Waals surface area contributed by atoms with Gasteiger partial charge in [-0.1, -0.05) is 48.0 Å². The summed E-state index contributed by atoms with van der Waals surface area (Å²) in [7, 11) is 0. The number of hydrogen-bond donors (Lipinski definition) is 1. The third kappa shape index (κ3) is 4.00. The monoisotopic (exact) mass is 489 g/mol.